The van der Waals surface area contributed by atoms with E-state index < -0.39 is 9.05 Å². The van der Waals surface area contributed by atoms with Crippen molar-refractivity contribution >= 4 is 51.6 Å². The highest BCUT2D eigenvalue weighted by Gasteiger charge is 2.12. The predicted octanol–water partition coefficient (Wildman–Crippen LogP) is 4.72. The van der Waals surface area contributed by atoms with Crippen LogP contribution in [0, 0.1) is 0 Å². The van der Waals surface area contributed by atoms with Gasteiger partial charge in [-0.25, -0.2) is 8.42 Å². The van der Waals surface area contributed by atoms with Crippen molar-refractivity contribution in [2.45, 2.75) is 11.5 Å². The first-order valence-electron chi connectivity index (χ1n) is 5.48. The number of hydrogen-bond donors (Lipinski definition) is 0. The van der Waals surface area contributed by atoms with Gasteiger partial charge in [0, 0.05) is 15.2 Å². The van der Waals surface area contributed by atoms with E-state index >= 15 is 0 Å². The first kappa shape index (κ1) is 15.8. The molecule has 2 aromatic rings. The van der Waals surface area contributed by atoms with Crippen LogP contribution in [-0.4, -0.2) is 8.42 Å². The van der Waals surface area contributed by atoms with Gasteiger partial charge in [0.2, 0.25) is 0 Å². The fraction of sp³-hybridized carbons (Fsp3) is 0.0769. The second-order valence-corrected chi connectivity index (χ2v) is 8.28. The molecule has 0 fully saturated rings. The molecule has 0 aromatic heterocycles. The molecule has 0 aliphatic heterocycles. The zero-order chi connectivity index (χ0) is 14.8. The third-order valence-electron chi connectivity index (χ3n) is 2.47. The standard InChI is InChI=1S/C13H9Br2ClO3S/c14-10-3-1-2-9(6-10)8-19-13-5-4-11(7-12(13)15)20(16,17)18/h1-7H,8H2. The van der Waals surface area contributed by atoms with Gasteiger partial charge in [0.1, 0.15) is 12.4 Å². The van der Waals surface area contributed by atoms with E-state index in [2.05, 4.69) is 31.9 Å². The van der Waals surface area contributed by atoms with Crippen LogP contribution in [0.5, 0.6) is 5.75 Å². The SMILES string of the molecule is O=S(=O)(Cl)c1ccc(OCc2cccc(Br)c2)c(Br)c1. The van der Waals surface area contributed by atoms with Gasteiger partial charge in [-0.1, -0.05) is 28.1 Å². The van der Waals surface area contributed by atoms with Gasteiger partial charge in [0.05, 0.1) is 9.37 Å². The van der Waals surface area contributed by atoms with Gasteiger partial charge in [-0.15, -0.1) is 0 Å². The van der Waals surface area contributed by atoms with Crippen LogP contribution in [-0.2, 0) is 15.7 Å². The van der Waals surface area contributed by atoms with Crippen LogP contribution in [0.25, 0.3) is 0 Å². The fourth-order valence-electron chi connectivity index (χ4n) is 1.54. The van der Waals surface area contributed by atoms with Gasteiger partial charge >= 0.3 is 0 Å². The van der Waals surface area contributed by atoms with Crippen molar-refractivity contribution in [2.24, 2.45) is 0 Å². The second-order valence-electron chi connectivity index (χ2n) is 3.95. The summed E-state index contributed by atoms with van der Waals surface area (Å²) in [6, 6.07) is 12.1. The van der Waals surface area contributed by atoms with E-state index in [1.807, 2.05) is 24.3 Å². The number of benzene rings is 2. The lowest BCUT2D eigenvalue weighted by molar-refractivity contribution is 0.304. The lowest BCUT2D eigenvalue weighted by atomic mass is 10.2. The Bertz CT molecular complexity index is 732. The van der Waals surface area contributed by atoms with Crippen molar-refractivity contribution in [3.05, 3.63) is 57.0 Å². The molecule has 0 aliphatic rings. The zero-order valence-electron chi connectivity index (χ0n) is 10.0. The largest absolute Gasteiger partial charge is 0.488 e. The molecule has 0 bridgehead atoms. The van der Waals surface area contributed by atoms with Crippen LogP contribution in [0.4, 0.5) is 0 Å². The van der Waals surface area contributed by atoms with E-state index in [1.165, 1.54) is 12.1 Å². The molecule has 0 heterocycles. The van der Waals surface area contributed by atoms with Crippen molar-refractivity contribution in [1.82, 2.24) is 0 Å². The van der Waals surface area contributed by atoms with Crippen LogP contribution in [0.15, 0.2) is 56.3 Å². The van der Waals surface area contributed by atoms with Gasteiger partial charge < -0.3 is 4.74 Å². The lowest BCUT2D eigenvalue weighted by Crippen LogP contribution is -1.97. The van der Waals surface area contributed by atoms with Gasteiger partial charge in [-0.05, 0) is 51.8 Å². The highest BCUT2D eigenvalue weighted by molar-refractivity contribution is 9.10. The molecule has 0 saturated heterocycles. The van der Waals surface area contributed by atoms with Crippen LogP contribution >= 0.6 is 42.5 Å². The third kappa shape index (κ3) is 4.22. The van der Waals surface area contributed by atoms with Crippen molar-refractivity contribution in [2.75, 3.05) is 0 Å². The molecule has 0 amide bonds. The molecule has 0 radical (unpaired) electrons. The zero-order valence-corrected chi connectivity index (χ0v) is 14.8. The predicted molar refractivity (Wildman–Crippen MR) is 85.7 cm³/mol. The Kier molecular flexibility index (Phi) is 5.12. The van der Waals surface area contributed by atoms with E-state index in [0.29, 0.717) is 16.8 Å². The molecule has 2 aromatic carbocycles. The molecule has 3 nitrogen and oxygen atoms in total. The van der Waals surface area contributed by atoms with Crippen molar-refractivity contribution in [3.63, 3.8) is 0 Å². The molecule has 0 saturated carbocycles. The second kappa shape index (κ2) is 6.47. The van der Waals surface area contributed by atoms with Crippen LogP contribution < -0.4 is 4.74 Å². The van der Waals surface area contributed by atoms with E-state index in [-0.39, 0.29) is 4.90 Å². The van der Waals surface area contributed by atoms with E-state index in [4.69, 9.17) is 15.4 Å². The monoisotopic (exact) mass is 438 g/mol. The Morgan fingerprint density at radius 1 is 1.10 bits per heavy atom. The molecule has 0 atom stereocenters. The molecule has 0 N–H and O–H groups in total. The van der Waals surface area contributed by atoms with Crippen LogP contribution in [0.2, 0.25) is 0 Å². The quantitative estimate of drug-likeness (QED) is 0.647. The third-order valence-corrected chi connectivity index (χ3v) is 4.93. The van der Waals surface area contributed by atoms with Crippen LogP contribution in [0.3, 0.4) is 0 Å². The molecular formula is C13H9Br2ClO3S. The molecular weight excluding hydrogens is 431 g/mol. The Morgan fingerprint density at radius 2 is 1.85 bits per heavy atom. The van der Waals surface area contributed by atoms with Gasteiger partial charge in [-0.2, -0.15) is 0 Å². The highest BCUT2D eigenvalue weighted by Crippen LogP contribution is 2.29. The summed E-state index contributed by atoms with van der Waals surface area (Å²) in [6.07, 6.45) is 0. The molecule has 7 heteroatoms. The summed E-state index contributed by atoms with van der Waals surface area (Å²) < 4.78 is 29.6. The van der Waals surface area contributed by atoms with Crippen molar-refractivity contribution in [1.29, 1.82) is 0 Å². The summed E-state index contributed by atoms with van der Waals surface area (Å²) in [5.41, 5.74) is 1.00. The van der Waals surface area contributed by atoms with E-state index in [9.17, 15) is 8.42 Å². The fourth-order valence-corrected chi connectivity index (χ4v) is 3.41. The maximum absolute atomic E-state index is 11.2. The summed E-state index contributed by atoms with van der Waals surface area (Å²) in [5, 5.41) is 0. The topological polar surface area (TPSA) is 43.4 Å². The van der Waals surface area contributed by atoms with Crippen molar-refractivity contribution in [3.8, 4) is 5.75 Å². The first-order chi connectivity index (χ1) is 9.36. The minimum atomic E-state index is -3.73. The number of ether oxygens (including phenoxy) is 1. The molecule has 0 aliphatic carbocycles. The number of halogens is 3. The maximum Gasteiger partial charge on any atom is 0.261 e. The average molecular weight is 441 g/mol. The van der Waals surface area contributed by atoms with Gasteiger partial charge in [-0.3, -0.25) is 0 Å². The van der Waals surface area contributed by atoms with E-state index in [0.717, 1.165) is 10.0 Å². The van der Waals surface area contributed by atoms with Crippen LogP contribution in [0.1, 0.15) is 5.56 Å². The molecule has 0 spiro atoms. The van der Waals surface area contributed by atoms with E-state index in [1.54, 1.807) is 6.07 Å². The van der Waals surface area contributed by atoms with Crippen molar-refractivity contribution < 1.29 is 13.2 Å². The molecule has 2 rings (SSSR count). The van der Waals surface area contributed by atoms with Gasteiger partial charge in [0.25, 0.3) is 9.05 Å². The summed E-state index contributed by atoms with van der Waals surface area (Å²) in [4.78, 5) is 0.0286. The number of rotatable bonds is 4. The maximum atomic E-state index is 11.2. The molecule has 106 valence electrons. The molecule has 20 heavy (non-hydrogen) atoms. The van der Waals surface area contributed by atoms with Gasteiger partial charge in [0.15, 0.2) is 0 Å². The Morgan fingerprint density at radius 3 is 2.45 bits per heavy atom. The lowest BCUT2D eigenvalue weighted by Gasteiger charge is -2.09. The first-order valence-corrected chi connectivity index (χ1v) is 9.37. The average Bonchev–Trinajstić information content (AvgIpc) is 2.36. The minimum Gasteiger partial charge on any atom is -0.488 e. The Labute approximate surface area is 138 Å². The summed E-state index contributed by atoms with van der Waals surface area (Å²) in [5.74, 6) is 0.550. The Hall–Kier alpha value is -0.560. The smallest absolute Gasteiger partial charge is 0.261 e. The number of hydrogen-bond acceptors (Lipinski definition) is 3. The highest BCUT2D eigenvalue weighted by atomic mass is 79.9. The molecule has 0 unspecified atom stereocenters. The normalized spacial score (nSPS) is 11.3. The summed E-state index contributed by atoms with van der Waals surface area (Å²) in [6.45, 7) is 0.380. The summed E-state index contributed by atoms with van der Waals surface area (Å²) >= 11 is 6.66. The Balaban J connectivity index is 2.15. The summed E-state index contributed by atoms with van der Waals surface area (Å²) in [7, 11) is 1.54. The minimum absolute atomic E-state index is 0.0286.